The van der Waals surface area contributed by atoms with Gasteiger partial charge in [0.05, 0.1) is 12.7 Å². The topological polar surface area (TPSA) is 64.6 Å². The van der Waals surface area contributed by atoms with Crippen molar-refractivity contribution >= 4 is 12.2 Å². The fourth-order valence-corrected chi connectivity index (χ4v) is 1.44. The number of ether oxygens (including phenoxy) is 2. The summed E-state index contributed by atoms with van der Waals surface area (Å²) in [6, 6.07) is 4.96. The maximum absolute atomic E-state index is 11.6. The summed E-state index contributed by atoms with van der Waals surface area (Å²) in [5.41, 5.74) is 0.357. The predicted octanol–water partition coefficient (Wildman–Crippen LogP) is 1.80. The third kappa shape index (κ3) is 4.62. The van der Waals surface area contributed by atoms with E-state index in [0.717, 1.165) is 6.42 Å². The molecule has 5 nitrogen and oxygen atoms in total. The van der Waals surface area contributed by atoms with Crippen LogP contribution in [0.1, 0.15) is 30.6 Å². The van der Waals surface area contributed by atoms with E-state index < -0.39 is 0 Å². The molecule has 0 unspecified atom stereocenters. The van der Waals surface area contributed by atoms with Crippen molar-refractivity contribution in [3.63, 3.8) is 0 Å². The number of nitrogens with one attached hydrogen (secondary N) is 1. The average molecular weight is 265 g/mol. The van der Waals surface area contributed by atoms with Gasteiger partial charge in [-0.2, -0.15) is 0 Å². The zero-order chi connectivity index (χ0) is 14.3. The van der Waals surface area contributed by atoms with Crippen LogP contribution in [-0.2, 0) is 4.79 Å². The van der Waals surface area contributed by atoms with Crippen LogP contribution in [-0.4, -0.2) is 32.0 Å². The van der Waals surface area contributed by atoms with Gasteiger partial charge in [-0.05, 0) is 31.5 Å². The summed E-state index contributed by atoms with van der Waals surface area (Å²) in [5, 5.41) is 2.78. The first-order chi connectivity index (χ1) is 9.10. The number of benzene rings is 1. The molecule has 0 spiro atoms. The Morgan fingerprint density at radius 3 is 2.79 bits per heavy atom. The second-order valence-electron chi connectivity index (χ2n) is 4.19. The molecular weight excluding hydrogens is 246 g/mol. The van der Waals surface area contributed by atoms with Crippen molar-refractivity contribution in [2.24, 2.45) is 0 Å². The number of methoxy groups -OCH3 is 1. The predicted molar refractivity (Wildman–Crippen MR) is 71.8 cm³/mol. The third-order valence-corrected chi connectivity index (χ3v) is 2.72. The summed E-state index contributed by atoms with van der Waals surface area (Å²) >= 11 is 0. The number of carbonyl (C=O) groups is 2. The summed E-state index contributed by atoms with van der Waals surface area (Å²) in [4.78, 5) is 22.5. The SMILES string of the molecule is CC[C@@H](C)NC(=O)COc1ccc(OC)cc1C=O. The van der Waals surface area contributed by atoms with E-state index in [1.165, 1.54) is 7.11 Å². The molecule has 1 aromatic carbocycles. The smallest absolute Gasteiger partial charge is 0.258 e. The standard InChI is InChI=1S/C14H19NO4/c1-4-10(2)15-14(17)9-19-13-6-5-12(18-3)7-11(13)8-16/h5-8,10H,4,9H2,1-3H3,(H,15,17)/t10-/m1/s1. The van der Waals surface area contributed by atoms with Crippen LogP contribution in [0.15, 0.2) is 18.2 Å². The van der Waals surface area contributed by atoms with Gasteiger partial charge >= 0.3 is 0 Å². The quantitative estimate of drug-likeness (QED) is 0.763. The number of hydrogen-bond donors (Lipinski definition) is 1. The molecule has 1 rings (SSSR count). The molecule has 1 N–H and O–H groups in total. The molecule has 1 amide bonds. The van der Waals surface area contributed by atoms with Crippen molar-refractivity contribution in [2.45, 2.75) is 26.3 Å². The van der Waals surface area contributed by atoms with Gasteiger partial charge in [-0.15, -0.1) is 0 Å². The van der Waals surface area contributed by atoms with Crippen molar-refractivity contribution < 1.29 is 19.1 Å². The van der Waals surface area contributed by atoms with E-state index in [4.69, 9.17) is 9.47 Å². The highest BCUT2D eigenvalue weighted by molar-refractivity contribution is 5.81. The van der Waals surface area contributed by atoms with Crippen molar-refractivity contribution in [1.29, 1.82) is 0 Å². The Kier molecular flexibility index (Phi) is 5.85. The molecular formula is C14H19NO4. The molecule has 0 aliphatic rings. The molecule has 0 saturated carbocycles. The number of aldehydes is 1. The van der Waals surface area contributed by atoms with Crippen LogP contribution >= 0.6 is 0 Å². The van der Waals surface area contributed by atoms with Gasteiger partial charge in [0.1, 0.15) is 11.5 Å². The highest BCUT2D eigenvalue weighted by Gasteiger charge is 2.09. The maximum Gasteiger partial charge on any atom is 0.258 e. The molecule has 0 bridgehead atoms. The van der Waals surface area contributed by atoms with Crippen molar-refractivity contribution in [3.8, 4) is 11.5 Å². The van der Waals surface area contributed by atoms with E-state index in [0.29, 0.717) is 23.3 Å². The zero-order valence-corrected chi connectivity index (χ0v) is 11.4. The summed E-state index contributed by atoms with van der Waals surface area (Å²) in [6.45, 7) is 3.79. The van der Waals surface area contributed by atoms with Crippen LogP contribution in [0.5, 0.6) is 11.5 Å². The lowest BCUT2D eigenvalue weighted by Gasteiger charge is -2.13. The zero-order valence-electron chi connectivity index (χ0n) is 11.4. The van der Waals surface area contributed by atoms with E-state index in [1.54, 1.807) is 18.2 Å². The molecule has 1 atom stereocenters. The molecule has 5 heteroatoms. The Balaban J connectivity index is 2.62. The van der Waals surface area contributed by atoms with Gasteiger partial charge in [-0.25, -0.2) is 0 Å². The molecule has 0 saturated heterocycles. The normalized spacial score (nSPS) is 11.5. The average Bonchev–Trinajstić information content (AvgIpc) is 2.44. The summed E-state index contributed by atoms with van der Waals surface area (Å²) < 4.78 is 10.3. The second kappa shape index (κ2) is 7.41. The Hall–Kier alpha value is -2.04. The Morgan fingerprint density at radius 2 is 2.21 bits per heavy atom. The molecule has 104 valence electrons. The van der Waals surface area contributed by atoms with Gasteiger partial charge in [-0.3, -0.25) is 9.59 Å². The molecule has 19 heavy (non-hydrogen) atoms. The number of amides is 1. The van der Waals surface area contributed by atoms with Crippen LogP contribution in [0.2, 0.25) is 0 Å². The molecule has 1 aromatic rings. The first kappa shape index (κ1) is 15.0. The maximum atomic E-state index is 11.6. The summed E-state index contributed by atoms with van der Waals surface area (Å²) in [5.74, 6) is 0.732. The van der Waals surface area contributed by atoms with Crippen LogP contribution in [0, 0.1) is 0 Å². The molecule has 0 fully saturated rings. The summed E-state index contributed by atoms with van der Waals surface area (Å²) in [7, 11) is 1.52. The van der Waals surface area contributed by atoms with Crippen molar-refractivity contribution in [1.82, 2.24) is 5.32 Å². The van der Waals surface area contributed by atoms with Crippen LogP contribution in [0.3, 0.4) is 0 Å². The number of carbonyl (C=O) groups excluding carboxylic acids is 2. The van der Waals surface area contributed by atoms with Gasteiger partial charge in [0.15, 0.2) is 12.9 Å². The van der Waals surface area contributed by atoms with Crippen LogP contribution in [0.25, 0.3) is 0 Å². The molecule has 0 heterocycles. The first-order valence-corrected chi connectivity index (χ1v) is 6.16. The lowest BCUT2D eigenvalue weighted by molar-refractivity contribution is -0.123. The van der Waals surface area contributed by atoms with Crippen molar-refractivity contribution in [3.05, 3.63) is 23.8 Å². The fourth-order valence-electron chi connectivity index (χ4n) is 1.44. The minimum Gasteiger partial charge on any atom is -0.497 e. The minimum atomic E-state index is -0.206. The Morgan fingerprint density at radius 1 is 1.47 bits per heavy atom. The Bertz CT molecular complexity index is 445. The Labute approximate surface area is 112 Å². The highest BCUT2D eigenvalue weighted by Crippen LogP contribution is 2.22. The molecule has 0 aliphatic carbocycles. The van der Waals surface area contributed by atoms with E-state index >= 15 is 0 Å². The van der Waals surface area contributed by atoms with E-state index in [-0.39, 0.29) is 18.6 Å². The minimum absolute atomic E-state index is 0.109. The first-order valence-electron chi connectivity index (χ1n) is 6.16. The molecule has 0 aromatic heterocycles. The van der Waals surface area contributed by atoms with Gasteiger partial charge in [0.25, 0.3) is 5.91 Å². The lowest BCUT2D eigenvalue weighted by atomic mass is 10.2. The van der Waals surface area contributed by atoms with Gasteiger partial charge < -0.3 is 14.8 Å². The van der Waals surface area contributed by atoms with E-state index in [9.17, 15) is 9.59 Å². The van der Waals surface area contributed by atoms with Crippen LogP contribution in [0.4, 0.5) is 0 Å². The second-order valence-corrected chi connectivity index (χ2v) is 4.19. The van der Waals surface area contributed by atoms with E-state index in [1.807, 2.05) is 13.8 Å². The number of hydrogen-bond acceptors (Lipinski definition) is 4. The van der Waals surface area contributed by atoms with Crippen molar-refractivity contribution in [2.75, 3.05) is 13.7 Å². The lowest BCUT2D eigenvalue weighted by Crippen LogP contribution is -2.35. The highest BCUT2D eigenvalue weighted by atomic mass is 16.5. The monoisotopic (exact) mass is 265 g/mol. The number of rotatable bonds is 7. The fraction of sp³-hybridized carbons (Fsp3) is 0.429. The van der Waals surface area contributed by atoms with Gasteiger partial charge in [-0.1, -0.05) is 6.92 Å². The van der Waals surface area contributed by atoms with Gasteiger partial charge in [0, 0.05) is 6.04 Å². The molecule has 0 aliphatic heterocycles. The van der Waals surface area contributed by atoms with Crippen LogP contribution < -0.4 is 14.8 Å². The molecule has 0 radical (unpaired) electrons. The largest absolute Gasteiger partial charge is 0.497 e. The van der Waals surface area contributed by atoms with Gasteiger partial charge in [0.2, 0.25) is 0 Å². The third-order valence-electron chi connectivity index (χ3n) is 2.72. The van der Waals surface area contributed by atoms with E-state index in [2.05, 4.69) is 5.32 Å². The summed E-state index contributed by atoms with van der Waals surface area (Å²) in [6.07, 6.45) is 1.53.